The molecule has 196 valence electrons. The van der Waals surface area contributed by atoms with Crippen molar-refractivity contribution >= 4 is 11.3 Å². The molecule has 2 unspecified atom stereocenters. The predicted octanol–water partition coefficient (Wildman–Crippen LogP) is 9.05. The minimum absolute atomic E-state index is 0.0119. The summed E-state index contributed by atoms with van der Waals surface area (Å²) in [5, 5.41) is 4.12. The molecule has 2 aliphatic heterocycles. The van der Waals surface area contributed by atoms with Gasteiger partial charge >= 0.3 is 0 Å². The first-order valence-corrected chi connectivity index (χ1v) is 14.3. The molecule has 1 aliphatic carbocycles. The zero-order valence-electron chi connectivity index (χ0n) is 25.5. The first-order chi connectivity index (χ1) is 16.4. The highest BCUT2D eigenvalue weighted by atomic mass is 15.1. The molecule has 1 aromatic carbocycles. The molecule has 1 saturated heterocycles. The lowest BCUT2D eigenvalue weighted by Gasteiger charge is -2.37. The van der Waals surface area contributed by atoms with Crippen molar-refractivity contribution in [2.45, 2.75) is 132 Å². The minimum Gasteiger partial charge on any atom is -0.355 e. The zero-order valence-corrected chi connectivity index (χ0v) is 25.5. The topological polar surface area (TPSA) is 24.4 Å². The molecule has 36 heavy (non-hydrogen) atoms. The van der Waals surface area contributed by atoms with E-state index in [-0.39, 0.29) is 27.3 Å². The Bertz CT molecular complexity index is 1140. The van der Waals surface area contributed by atoms with Gasteiger partial charge in [0.25, 0.3) is 0 Å². The van der Waals surface area contributed by atoms with Gasteiger partial charge in [0, 0.05) is 5.56 Å². The summed E-state index contributed by atoms with van der Waals surface area (Å²) < 4.78 is 0. The summed E-state index contributed by atoms with van der Waals surface area (Å²) >= 11 is 0. The normalized spacial score (nSPS) is 28.5. The Morgan fingerprint density at radius 1 is 0.889 bits per heavy atom. The smallest absolute Gasteiger partial charge is 0.183 e. The van der Waals surface area contributed by atoms with E-state index >= 15 is 0 Å². The minimum atomic E-state index is -0.0993. The van der Waals surface area contributed by atoms with Crippen molar-refractivity contribution in [3.63, 3.8) is 0 Å². The van der Waals surface area contributed by atoms with E-state index in [1.165, 1.54) is 57.1 Å². The first kappa shape index (κ1) is 27.1. The van der Waals surface area contributed by atoms with Gasteiger partial charge in [-0.3, -0.25) is 0 Å². The van der Waals surface area contributed by atoms with Crippen LogP contribution in [0.25, 0.3) is 5.57 Å². The Morgan fingerprint density at radius 2 is 1.44 bits per heavy atom. The van der Waals surface area contributed by atoms with E-state index in [0.29, 0.717) is 0 Å². The molecule has 0 spiro atoms. The highest BCUT2D eigenvalue weighted by Crippen LogP contribution is 2.61. The van der Waals surface area contributed by atoms with Gasteiger partial charge < -0.3 is 5.32 Å². The standard InChI is InChI=1S/C34H51N2/c1-14-16-33(12)31(8,9)24-20-25-29(36-34(13,17-15-2)32(25,10)11)27(28(24)35-33)26-21(3)18-23(19-22(26)4)30(5,6)7/h18-20,35H,14-17H2,1-13H3/q+1. The van der Waals surface area contributed by atoms with Crippen molar-refractivity contribution in [1.82, 2.24) is 5.32 Å². The fraction of sp³-hybridized carbons (Fsp3) is 0.647. The summed E-state index contributed by atoms with van der Waals surface area (Å²) in [6.45, 7) is 30.7. The third-order valence-corrected chi connectivity index (χ3v) is 10.3. The van der Waals surface area contributed by atoms with Crippen LogP contribution in [0.2, 0.25) is 0 Å². The van der Waals surface area contributed by atoms with Crippen molar-refractivity contribution in [2.75, 3.05) is 0 Å². The second kappa shape index (κ2) is 8.27. The number of aryl methyl sites for hydroxylation is 2. The Morgan fingerprint density at radius 3 is 1.94 bits per heavy atom. The third-order valence-electron chi connectivity index (χ3n) is 10.3. The summed E-state index contributed by atoms with van der Waals surface area (Å²) in [6.07, 6.45) is 7.10. The van der Waals surface area contributed by atoms with E-state index in [0.717, 1.165) is 19.3 Å². The molecule has 0 bridgehead atoms. The molecular formula is C34H51N2+. The van der Waals surface area contributed by atoms with Crippen molar-refractivity contribution in [3.8, 4) is 0 Å². The average molecular weight is 488 g/mol. The Labute approximate surface area is 222 Å². The summed E-state index contributed by atoms with van der Waals surface area (Å²) in [5.41, 5.74) is 10.9. The SMILES string of the molecule is CCCC1(C)N=C2C(c3c(C)cc(C(C)(C)C)cc3C)=C3NC(C)(CCC)C(C)(C)C3=C[C+]2C1(C)C. The van der Waals surface area contributed by atoms with Crippen LogP contribution in [0.5, 0.6) is 0 Å². The van der Waals surface area contributed by atoms with Gasteiger partial charge in [-0.1, -0.05) is 59.6 Å². The van der Waals surface area contributed by atoms with E-state index in [2.05, 4.69) is 114 Å². The van der Waals surface area contributed by atoms with E-state index in [1.54, 1.807) is 0 Å². The molecule has 1 N–H and O–H groups in total. The lowest BCUT2D eigenvalue weighted by atomic mass is 9.61. The van der Waals surface area contributed by atoms with E-state index in [1.807, 2.05) is 0 Å². The van der Waals surface area contributed by atoms with Crippen molar-refractivity contribution < 1.29 is 0 Å². The monoisotopic (exact) mass is 487 g/mol. The molecule has 0 saturated carbocycles. The molecule has 2 nitrogen and oxygen atoms in total. The summed E-state index contributed by atoms with van der Waals surface area (Å²) in [5.74, 6) is 1.43. The number of rotatable bonds is 5. The molecule has 2 heterocycles. The summed E-state index contributed by atoms with van der Waals surface area (Å²) in [6, 6.07) is 4.84. The third kappa shape index (κ3) is 3.64. The molecule has 2 atom stereocenters. The van der Waals surface area contributed by atoms with Crippen LogP contribution in [0.1, 0.15) is 124 Å². The molecule has 0 amide bonds. The number of hydrogen-bond donors (Lipinski definition) is 1. The zero-order chi connectivity index (χ0) is 27.1. The molecule has 3 aliphatic rings. The van der Waals surface area contributed by atoms with Crippen molar-refractivity contribution in [3.05, 3.63) is 57.7 Å². The molecule has 0 radical (unpaired) electrons. The summed E-state index contributed by atoms with van der Waals surface area (Å²) in [4.78, 5) is 5.63. The van der Waals surface area contributed by atoms with Gasteiger partial charge in [-0.25, -0.2) is 4.99 Å². The summed E-state index contributed by atoms with van der Waals surface area (Å²) in [7, 11) is 0. The van der Waals surface area contributed by atoms with Crippen LogP contribution in [0.15, 0.2) is 34.5 Å². The van der Waals surface area contributed by atoms with Crippen LogP contribution < -0.4 is 5.32 Å². The Balaban J connectivity index is 2.07. The van der Waals surface area contributed by atoms with Gasteiger partial charge in [-0.2, -0.15) is 0 Å². The van der Waals surface area contributed by atoms with Gasteiger partial charge in [0.2, 0.25) is 0 Å². The number of hydrogen-bond acceptors (Lipinski definition) is 2. The number of allylic oxidation sites excluding steroid dienone is 3. The number of fused-ring (bicyclic) bond motifs is 2. The molecule has 1 fully saturated rings. The second-order valence-corrected chi connectivity index (χ2v) is 14.4. The van der Waals surface area contributed by atoms with Gasteiger partial charge in [-0.05, 0) is 90.3 Å². The molecular weight excluding hydrogens is 436 g/mol. The fourth-order valence-electron chi connectivity index (χ4n) is 7.06. The maximum Gasteiger partial charge on any atom is 0.183 e. The van der Waals surface area contributed by atoms with E-state index < -0.39 is 0 Å². The molecule has 4 rings (SSSR count). The van der Waals surface area contributed by atoms with Crippen LogP contribution in [-0.2, 0) is 5.41 Å². The largest absolute Gasteiger partial charge is 0.355 e. The second-order valence-electron chi connectivity index (χ2n) is 14.4. The van der Waals surface area contributed by atoms with Gasteiger partial charge in [0.1, 0.15) is 5.57 Å². The number of benzene rings is 1. The van der Waals surface area contributed by atoms with Crippen LogP contribution in [0, 0.1) is 30.6 Å². The molecule has 1 aromatic rings. The van der Waals surface area contributed by atoms with Crippen LogP contribution in [0.4, 0.5) is 0 Å². The number of nitrogens with one attached hydrogen (secondary N) is 1. The lowest BCUT2D eigenvalue weighted by Crippen LogP contribution is -2.46. The molecule has 0 aromatic heterocycles. The number of aliphatic imine (C=N–C) groups is 1. The van der Waals surface area contributed by atoms with E-state index in [4.69, 9.17) is 4.99 Å². The van der Waals surface area contributed by atoms with Gasteiger partial charge in [0.05, 0.1) is 39.5 Å². The number of nitrogens with zero attached hydrogens (tertiary/aromatic N) is 1. The Hall–Kier alpha value is -1.96. The average Bonchev–Trinajstić information content (AvgIpc) is 3.05. The van der Waals surface area contributed by atoms with E-state index in [9.17, 15) is 0 Å². The highest BCUT2D eigenvalue weighted by molar-refractivity contribution is 6.35. The fourth-order valence-corrected chi connectivity index (χ4v) is 7.06. The maximum absolute atomic E-state index is 5.63. The lowest BCUT2D eigenvalue weighted by molar-refractivity contribution is 0.213. The van der Waals surface area contributed by atoms with Crippen molar-refractivity contribution in [1.29, 1.82) is 0 Å². The van der Waals surface area contributed by atoms with Crippen molar-refractivity contribution in [2.24, 2.45) is 15.8 Å². The van der Waals surface area contributed by atoms with Crippen LogP contribution in [-0.4, -0.2) is 16.8 Å². The quantitative estimate of drug-likeness (QED) is 0.412. The molecule has 2 heteroatoms. The van der Waals surface area contributed by atoms with Gasteiger partial charge in [0.15, 0.2) is 11.4 Å². The first-order valence-electron chi connectivity index (χ1n) is 14.3. The Kier molecular flexibility index (Phi) is 6.22. The van der Waals surface area contributed by atoms with Gasteiger partial charge in [-0.15, -0.1) is 0 Å². The maximum atomic E-state index is 5.63. The predicted molar refractivity (Wildman–Crippen MR) is 158 cm³/mol. The highest BCUT2D eigenvalue weighted by Gasteiger charge is 2.64. The van der Waals surface area contributed by atoms with Crippen LogP contribution >= 0.6 is 0 Å². The van der Waals surface area contributed by atoms with Crippen LogP contribution in [0.3, 0.4) is 0 Å².